The molecule has 150 valence electrons. The number of carbonyl (C=O) groups is 2. The van der Waals surface area contributed by atoms with Gasteiger partial charge in [0.2, 0.25) is 11.8 Å². The summed E-state index contributed by atoms with van der Waals surface area (Å²) < 4.78 is 38.3. The highest BCUT2D eigenvalue weighted by Gasteiger charge is 2.30. The molecular formula is C19H19ClF3N3O2. The first kappa shape index (κ1) is 21.7. The monoisotopic (exact) mass is 413 g/mol. The highest BCUT2D eigenvalue weighted by atomic mass is 35.5. The molecule has 2 N–H and O–H groups in total. The average molecular weight is 414 g/mol. The van der Waals surface area contributed by atoms with Crippen LogP contribution in [0.4, 0.5) is 24.5 Å². The normalized spacial score (nSPS) is 12.5. The van der Waals surface area contributed by atoms with E-state index < -0.39 is 23.7 Å². The Morgan fingerprint density at radius 2 is 1.79 bits per heavy atom. The number of nitrogens with one attached hydrogen (secondary N) is 2. The second-order valence-corrected chi connectivity index (χ2v) is 6.59. The van der Waals surface area contributed by atoms with Crippen molar-refractivity contribution in [2.45, 2.75) is 19.1 Å². The molecule has 0 heterocycles. The van der Waals surface area contributed by atoms with Gasteiger partial charge >= 0.3 is 6.18 Å². The number of benzene rings is 2. The summed E-state index contributed by atoms with van der Waals surface area (Å²) in [6, 6.07) is 10.3. The van der Waals surface area contributed by atoms with Gasteiger partial charge in [0.25, 0.3) is 0 Å². The number of alkyl halides is 3. The third kappa shape index (κ3) is 5.97. The van der Waals surface area contributed by atoms with Gasteiger partial charge in [-0.2, -0.15) is 13.2 Å². The molecule has 0 aliphatic carbocycles. The summed E-state index contributed by atoms with van der Waals surface area (Å²) in [6.45, 7) is 1.44. The number of hydrogen-bond donors (Lipinski definition) is 2. The molecule has 9 heteroatoms. The molecule has 0 spiro atoms. The van der Waals surface area contributed by atoms with Crippen LogP contribution in [0.2, 0.25) is 5.02 Å². The van der Waals surface area contributed by atoms with E-state index in [1.54, 1.807) is 38.2 Å². The molecule has 0 saturated carbocycles. The average Bonchev–Trinajstić information content (AvgIpc) is 2.62. The molecule has 2 aromatic carbocycles. The van der Waals surface area contributed by atoms with Crippen LogP contribution in [0.15, 0.2) is 48.5 Å². The summed E-state index contributed by atoms with van der Waals surface area (Å²) in [7, 11) is 1.56. The van der Waals surface area contributed by atoms with E-state index >= 15 is 0 Å². The molecule has 1 atom stereocenters. The maximum atomic E-state index is 12.8. The van der Waals surface area contributed by atoms with Crippen LogP contribution in [0, 0.1) is 0 Å². The van der Waals surface area contributed by atoms with Crippen LogP contribution in [-0.4, -0.2) is 36.3 Å². The summed E-state index contributed by atoms with van der Waals surface area (Å²) in [5, 5.41) is 5.46. The van der Waals surface area contributed by atoms with Gasteiger partial charge in [0.1, 0.15) is 0 Å². The van der Waals surface area contributed by atoms with Crippen LogP contribution >= 0.6 is 11.6 Å². The van der Waals surface area contributed by atoms with Gasteiger partial charge in [0.05, 0.1) is 28.9 Å². The summed E-state index contributed by atoms with van der Waals surface area (Å²) in [6.07, 6.45) is -4.50. The van der Waals surface area contributed by atoms with E-state index in [0.29, 0.717) is 10.7 Å². The zero-order chi connectivity index (χ0) is 20.9. The quantitative estimate of drug-likeness (QED) is 0.744. The van der Waals surface area contributed by atoms with Crippen molar-refractivity contribution < 1.29 is 22.8 Å². The Bertz CT molecular complexity index is 858. The van der Waals surface area contributed by atoms with E-state index in [9.17, 15) is 22.8 Å². The number of anilines is 2. The highest BCUT2D eigenvalue weighted by Crippen LogP contribution is 2.30. The minimum atomic E-state index is -4.50. The van der Waals surface area contributed by atoms with Crippen molar-refractivity contribution in [3.63, 3.8) is 0 Å². The van der Waals surface area contributed by atoms with Crippen LogP contribution in [0.25, 0.3) is 0 Å². The lowest BCUT2D eigenvalue weighted by Gasteiger charge is -2.23. The van der Waals surface area contributed by atoms with Gasteiger partial charge in [-0.15, -0.1) is 0 Å². The lowest BCUT2D eigenvalue weighted by atomic mass is 10.2. The minimum absolute atomic E-state index is 0.0283. The van der Waals surface area contributed by atoms with Crippen molar-refractivity contribution in [1.82, 2.24) is 4.90 Å². The molecule has 0 bridgehead atoms. The van der Waals surface area contributed by atoms with Gasteiger partial charge in [0, 0.05) is 5.69 Å². The molecule has 0 fully saturated rings. The van der Waals surface area contributed by atoms with Crippen LogP contribution in [-0.2, 0) is 15.8 Å². The molecule has 28 heavy (non-hydrogen) atoms. The second kappa shape index (κ2) is 9.07. The Kier molecular flexibility index (Phi) is 7.04. The van der Waals surface area contributed by atoms with Crippen molar-refractivity contribution in [1.29, 1.82) is 0 Å². The fourth-order valence-electron chi connectivity index (χ4n) is 2.34. The number of likely N-dealkylation sites (N-methyl/N-ethyl adjacent to an activating group) is 1. The van der Waals surface area contributed by atoms with E-state index in [4.69, 9.17) is 11.6 Å². The van der Waals surface area contributed by atoms with E-state index in [0.717, 1.165) is 12.1 Å². The van der Waals surface area contributed by atoms with Gasteiger partial charge in [-0.05, 0) is 44.3 Å². The number of halogens is 4. The molecule has 5 nitrogen and oxygen atoms in total. The van der Waals surface area contributed by atoms with Gasteiger partial charge in [-0.25, -0.2) is 0 Å². The van der Waals surface area contributed by atoms with E-state index in [2.05, 4.69) is 10.6 Å². The third-order valence-corrected chi connectivity index (χ3v) is 4.37. The first-order chi connectivity index (χ1) is 13.1. The number of nitrogens with zero attached hydrogens (tertiary/aromatic N) is 1. The summed E-state index contributed by atoms with van der Waals surface area (Å²) >= 11 is 5.98. The van der Waals surface area contributed by atoms with Gasteiger partial charge in [-0.1, -0.05) is 29.8 Å². The predicted molar refractivity (Wildman–Crippen MR) is 102 cm³/mol. The highest BCUT2D eigenvalue weighted by molar-refractivity contribution is 6.33. The van der Waals surface area contributed by atoms with Crippen molar-refractivity contribution >= 4 is 34.8 Å². The predicted octanol–water partition coefficient (Wildman–Crippen LogP) is 4.26. The molecule has 0 unspecified atom stereocenters. The Hall–Kier alpha value is -2.58. The van der Waals surface area contributed by atoms with Crippen molar-refractivity contribution in [3.8, 4) is 0 Å². The number of hydrogen-bond acceptors (Lipinski definition) is 3. The molecule has 0 aromatic heterocycles. The van der Waals surface area contributed by atoms with Crippen molar-refractivity contribution in [2.75, 3.05) is 24.2 Å². The lowest BCUT2D eigenvalue weighted by Crippen LogP contribution is -2.43. The number of rotatable bonds is 6. The number of para-hydroxylation sites is 1. The summed E-state index contributed by atoms with van der Waals surface area (Å²) in [4.78, 5) is 25.9. The minimum Gasteiger partial charge on any atom is -0.325 e. The first-order valence-corrected chi connectivity index (χ1v) is 8.68. The van der Waals surface area contributed by atoms with Gasteiger partial charge < -0.3 is 10.6 Å². The largest absolute Gasteiger partial charge is 0.416 e. The summed E-state index contributed by atoms with van der Waals surface area (Å²) in [5.74, 6) is -0.915. The lowest BCUT2D eigenvalue weighted by molar-refractivity contribution is -0.137. The SMILES string of the molecule is C[C@H](C(=O)Nc1cccc(C(F)(F)F)c1)N(C)CC(=O)Nc1ccccc1Cl. The molecule has 0 aliphatic heterocycles. The summed E-state index contributed by atoms with van der Waals surface area (Å²) in [5.41, 5.74) is -0.380. The Morgan fingerprint density at radius 3 is 2.43 bits per heavy atom. The van der Waals surface area contributed by atoms with Gasteiger partial charge in [0.15, 0.2) is 0 Å². The van der Waals surface area contributed by atoms with E-state index in [1.807, 2.05) is 0 Å². The van der Waals surface area contributed by atoms with E-state index in [1.165, 1.54) is 17.0 Å². The fraction of sp³-hybridized carbons (Fsp3) is 0.263. The van der Waals surface area contributed by atoms with E-state index in [-0.39, 0.29) is 18.1 Å². The molecule has 2 rings (SSSR count). The molecule has 0 aliphatic rings. The van der Waals surface area contributed by atoms with Crippen LogP contribution < -0.4 is 10.6 Å². The zero-order valence-electron chi connectivity index (χ0n) is 15.2. The molecule has 2 aromatic rings. The maximum absolute atomic E-state index is 12.8. The number of amides is 2. The van der Waals surface area contributed by atoms with Crippen molar-refractivity contribution in [2.24, 2.45) is 0 Å². The Labute approximate surface area is 165 Å². The maximum Gasteiger partial charge on any atom is 0.416 e. The van der Waals surface area contributed by atoms with Crippen LogP contribution in [0.5, 0.6) is 0 Å². The smallest absolute Gasteiger partial charge is 0.325 e. The van der Waals surface area contributed by atoms with Gasteiger partial charge in [-0.3, -0.25) is 14.5 Å². The Morgan fingerprint density at radius 1 is 1.11 bits per heavy atom. The number of carbonyl (C=O) groups excluding carboxylic acids is 2. The fourth-order valence-corrected chi connectivity index (χ4v) is 2.52. The van der Waals surface area contributed by atoms with Crippen molar-refractivity contribution in [3.05, 3.63) is 59.1 Å². The second-order valence-electron chi connectivity index (χ2n) is 6.19. The first-order valence-electron chi connectivity index (χ1n) is 8.30. The van der Waals surface area contributed by atoms with Crippen LogP contribution in [0.3, 0.4) is 0 Å². The molecule has 0 saturated heterocycles. The third-order valence-electron chi connectivity index (χ3n) is 4.04. The topological polar surface area (TPSA) is 61.4 Å². The standard InChI is InChI=1S/C19H19ClF3N3O2/c1-12(18(28)24-14-7-5-6-13(10-14)19(21,22)23)26(2)11-17(27)25-16-9-4-3-8-15(16)20/h3-10,12H,11H2,1-2H3,(H,24,28)(H,25,27)/t12-/m1/s1. The molecule has 2 amide bonds. The van der Waals surface area contributed by atoms with Crippen LogP contribution in [0.1, 0.15) is 12.5 Å². The molecule has 0 radical (unpaired) electrons. The zero-order valence-corrected chi connectivity index (χ0v) is 15.9. The Balaban J connectivity index is 1.95. The molecular weight excluding hydrogens is 395 g/mol.